The van der Waals surface area contributed by atoms with Gasteiger partial charge in [-0.05, 0) is 36.2 Å². The molecule has 0 amide bonds. The lowest BCUT2D eigenvalue weighted by molar-refractivity contribution is 0.194. The summed E-state index contributed by atoms with van der Waals surface area (Å²) >= 11 is 0. The standard InChI is InChI=1S/C16H14FN3O/c17-13-4-2-12(3-5-13)15-7-14(21)10-20(15)16-6-1-11(8-18)9-19-16/h1-6,9,14-15,21H,7,10H2/t14-,15+/m1/s1. The number of pyridine rings is 1. The number of aliphatic hydroxyl groups is 1. The number of aliphatic hydroxyl groups excluding tert-OH is 1. The summed E-state index contributed by atoms with van der Waals surface area (Å²) in [5, 5.41) is 18.8. The fourth-order valence-electron chi connectivity index (χ4n) is 2.69. The molecule has 106 valence electrons. The monoisotopic (exact) mass is 283 g/mol. The number of nitriles is 1. The zero-order valence-electron chi connectivity index (χ0n) is 11.3. The first-order valence-corrected chi connectivity index (χ1v) is 6.73. The van der Waals surface area contributed by atoms with Crippen molar-refractivity contribution in [1.82, 2.24) is 4.98 Å². The number of aromatic nitrogens is 1. The summed E-state index contributed by atoms with van der Waals surface area (Å²) in [7, 11) is 0. The molecule has 0 saturated carbocycles. The number of hydrogen-bond acceptors (Lipinski definition) is 4. The van der Waals surface area contributed by atoms with E-state index in [0.29, 0.717) is 24.3 Å². The number of β-amino-alcohol motifs (C(OH)–C–C–N with tert-alkyl or cyclic N) is 1. The molecule has 2 heterocycles. The van der Waals surface area contributed by atoms with Gasteiger partial charge in [-0.2, -0.15) is 5.26 Å². The van der Waals surface area contributed by atoms with Gasteiger partial charge in [0, 0.05) is 12.7 Å². The van der Waals surface area contributed by atoms with Crippen LogP contribution in [0.3, 0.4) is 0 Å². The molecule has 5 heteroatoms. The molecule has 0 bridgehead atoms. The summed E-state index contributed by atoms with van der Waals surface area (Å²) in [6.07, 6.45) is 1.65. The highest BCUT2D eigenvalue weighted by molar-refractivity contribution is 5.46. The molecule has 1 aliphatic rings. The van der Waals surface area contributed by atoms with Crippen LogP contribution in [0.5, 0.6) is 0 Å². The molecule has 0 radical (unpaired) electrons. The lowest BCUT2D eigenvalue weighted by Gasteiger charge is -2.25. The molecule has 0 aliphatic carbocycles. The lowest BCUT2D eigenvalue weighted by Crippen LogP contribution is -2.25. The van der Waals surface area contributed by atoms with Crippen LogP contribution in [0.2, 0.25) is 0 Å². The van der Waals surface area contributed by atoms with E-state index in [9.17, 15) is 9.50 Å². The number of anilines is 1. The van der Waals surface area contributed by atoms with Crippen LogP contribution in [0.15, 0.2) is 42.6 Å². The van der Waals surface area contributed by atoms with E-state index in [1.807, 2.05) is 11.0 Å². The maximum Gasteiger partial charge on any atom is 0.129 e. The van der Waals surface area contributed by atoms with Crippen molar-refractivity contribution in [1.29, 1.82) is 5.26 Å². The highest BCUT2D eigenvalue weighted by Crippen LogP contribution is 2.35. The Hall–Kier alpha value is -2.45. The SMILES string of the molecule is N#Cc1ccc(N2C[C@H](O)C[C@H]2c2ccc(F)cc2)nc1. The fraction of sp³-hybridized carbons (Fsp3) is 0.250. The Labute approximate surface area is 122 Å². The number of rotatable bonds is 2. The molecule has 21 heavy (non-hydrogen) atoms. The molecular weight excluding hydrogens is 269 g/mol. The Bertz CT molecular complexity index is 663. The molecule has 2 atom stereocenters. The van der Waals surface area contributed by atoms with E-state index in [1.165, 1.54) is 18.3 Å². The van der Waals surface area contributed by atoms with E-state index in [2.05, 4.69) is 4.98 Å². The Morgan fingerprint density at radius 1 is 1.24 bits per heavy atom. The molecule has 1 aromatic heterocycles. The van der Waals surface area contributed by atoms with Gasteiger partial charge >= 0.3 is 0 Å². The average molecular weight is 283 g/mol. The Balaban J connectivity index is 1.91. The van der Waals surface area contributed by atoms with Gasteiger partial charge in [0.15, 0.2) is 0 Å². The highest BCUT2D eigenvalue weighted by Gasteiger charge is 2.32. The molecule has 1 aliphatic heterocycles. The molecule has 1 aromatic carbocycles. The van der Waals surface area contributed by atoms with E-state index in [1.54, 1.807) is 24.3 Å². The molecule has 2 aromatic rings. The predicted molar refractivity (Wildman–Crippen MR) is 76.1 cm³/mol. The van der Waals surface area contributed by atoms with Crippen LogP contribution < -0.4 is 4.90 Å². The Morgan fingerprint density at radius 3 is 2.62 bits per heavy atom. The van der Waals surface area contributed by atoms with Crippen molar-refractivity contribution in [2.45, 2.75) is 18.6 Å². The molecular formula is C16H14FN3O. The molecule has 3 rings (SSSR count). The van der Waals surface area contributed by atoms with Crippen LogP contribution in [0.25, 0.3) is 0 Å². The van der Waals surface area contributed by atoms with Crippen molar-refractivity contribution >= 4 is 5.82 Å². The normalized spacial score (nSPS) is 21.3. The largest absolute Gasteiger partial charge is 0.391 e. The summed E-state index contributed by atoms with van der Waals surface area (Å²) in [4.78, 5) is 6.26. The molecule has 0 spiro atoms. The van der Waals surface area contributed by atoms with E-state index in [-0.39, 0.29) is 11.9 Å². The first-order chi connectivity index (χ1) is 10.2. The average Bonchev–Trinajstić information content (AvgIpc) is 2.90. The van der Waals surface area contributed by atoms with E-state index in [0.717, 1.165) is 5.56 Å². The molecule has 1 saturated heterocycles. The van der Waals surface area contributed by atoms with Gasteiger partial charge in [-0.15, -0.1) is 0 Å². The lowest BCUT2D eigenvalue weighted by atomic mass is 10.0. The van der Waals surface area contributed by atoms with Crippen molar-refractivity contribution in [2.24, 2.45) is 0 Å². The summed E-state index contributed by atoms with van der Waals surface area (Å²) < 4.78 is 13.0. The highest BCUT2D eigenvalue weighted by atomic mass is 19.1. The van der Waals surface area contributed by atoms with Crippen molar-refractivity contribution in [2.75, 3.05) is 11.4 Å². The minimum atomic E-state index is -0.447. The van der Waals surface area contributed by atoms with Gasteiger partial charge in [-0.3, -0.25) is 0 Å². The number of hydrogen-bond donors (Lipinski definition) is 1. The summed E-state index contributed by atoms with van der Waals surface area (Å²) in [6, 6.07) is 11.8. The van der Waals surface area contributed by atoms with Crippen LogP contribution in [0.1, 0.15) is 23.6 Å². The molecule has 0 unspecified atom stereocenters. The number of nitrogens with zero attached hydrogens (tertiary/aromatic N) is 3. The van der Waals surface area contributed by atoms with E-state index >= 15 is 0 Å². The molecule has 1 fully saturated rings. The summed E-state index contributed by atoms with van der Waals surface area (Å²) in [5.41, 5.74) is 1.44. The second kappa shape index (κ2) is 5.51. The van der Waals surface area contributed by atoms with Gasteiger partial charge < -0.3 is 10.0 Å². The van der Waals surface area contributed by atoms with Crippen LogP contribution in [-0.2, 0) is 0 Å². The minimum absolute atomic E-state index is 0.0407. The van der Waals surface area contributed by atoms with Gasteiger partial charge in [0.2, 0.25) is 0 Å². The minimum Gasteiger partial charge on any atom is -0.391 e. The quantitative estimate of drug-likeness (QED) is 0.919. The third-order valence-corrected chi connectivity index (χ3v) is 3.71. The van der Waals surface area contributed by atoms with Gasteiger partial charge in [0.1, 0.15) is 17.7 Å². The van der Waals surface area contributed by atoms with E-state index in [4.69, 9.17) is 5.26 Å². The van der Waals surface area contributed by atoms with Gasteiger partial charge in [-0.25, -0.2) is 9.37 Å². The van der Waals surface area contributed by atoms with E-state index < -0.39 is 6.10 Å². The zero-order chi connectivity index (χ0) is 14.8. The van der Waals surface area contributed by atoms with Crippen LogP contribution in [0, 0.1) is 17.1 Å². The van der Waals surface area contributed by atoms with Crippen LogP contribution in [-0.4, -0.2) is 22.7 Å². The Morgan fingerprint density at radius 2 is 2.00 bits per heavy atom. The van der Waals surface area contributed by atoms with Crippen molar-refractivity contribution in [3.05, 3.63) is 59.5 Å². The summed E-state index contributed by atoms with van der Waals surface area (Å²) in [6.45, 7) is 0.473. The number of benzene rings is 1. The van der Waals surface area contributed by atoms with Crippen molar-refractivity contribution in [3.63, 3.8) is 0 Å². The Kier molecular flexibility index (Phi) is 3.55. The molecule has 4 nitrogen and oxygen atoms in total. The second-order valence-corrected chi connectivity index (χ2v) is 5.13. The first-order valence-electron chi connectivity index (χ1n) is 6.73. The van der Waals surface area contributed by atoms with Gasteiger partial charge in [0.25, 0.3) is 0 Å². The zero-order valence-corrected chi connectivity index (χ0v) is 11.3. The van der Waals surface area contributed by atoms with Gasteiger partial charge in [0.05, 0.1) is 17.7 Å². The third-order valence-electron chi connectivity index (χ3n) is 3.71. The van der Waals surface area contributed by atoms with Crippen molar-refractivity contribution in [3.8, 4) is 6.07 Å². The topological polar surface area (TPSA) is 60.2 Å². The van der Waals surface area contributed by atoms with Crippen LogP contribution in [0.4, 0.5) is 10.2 Å². The summed E-state index contributed by atoms with van der Waals surface area (Å²) in [5.74, 6) is 0.431. The first kappa shape index (κ1) is 13.5. The second-order valence-electron chi connectivity index (χ2n) is 5.13. The smallest absolute Gasteiger partial charge is 0.129 e. The third kappa shape index (κ3) is 2.71. The predicted octanol–water partition coefficient (Wildman–Crippen LogP) is 2.40. The number of halogens is 1. The maximum atomic E-state index is 13.0. The van der Waals surface area contributed by atoms with Crippen molar-refractivity contribution < 1.29 is 9.50 Å². The molecule has 1 N–H and O–H groups in total. The van der Waals surface area contributed by atoms with Gasteiger partial charge in [-0.1, -0.05) is 12.1 Å². The fourth-order valence-corrected chi connectivity index (χ4v) is 2.69. The van der Waals surface area contributed by atoms with Crippen LogP contribution >= 0.6 is 0 Å². The maximum absolute atomic E-state index is 13.0.